The Hall–Kier alpha value is -5.19. The molecule has 6 aromatic rings. The second kappa shape index (κ2) is 10.7. The second-order valence-corrected chi connectivity index (χ2v) is 12.1. The fourth-order valence-electron chi connectivity index (χ4n) is 5.63. The van der Waals surface area contributed by atoms with Crippen LogP contribution in [0.5, 0.6) is 0 Å². The molecule has 0 spiro atoms. The number of benzene rings is 6. The number of nitrogens with zero attached hydrogens (tertiary/aromatic N) is 1. The van der Waals surface area contributed by atoms with Crippen molar-refractivity contribution in [2.75, 3.05) is 4.90 Å². The molecule has 1 aliphatic heterocycles. The van der Waals surface area contributed by atoms with Gasteiger partial charge in [-0.3, -0.25) is 0 Å². The highest BCUT2D eigenvalue weighted by atomic mass is 32.2. The van der Waals surface area contributed by atoms with Crippen molar-refractivity contribution in [3.63, 3.8) is 0 Å². The maximum Gasteiger partial charge on any atom is 0.207 e. The Morgan fingerprint density at radius 3 is 1.57 bits per heavy atom. The second-order valence-electron chi connectivity index (χ2n) is 10.2. The van der Waals surface area contributed by atoms with Crippen LogP contribution in [0.4, 0.5) is 17.1 Å². The predicted molar refractivity (Wildman–Crippen MR) is 172 cm³/mol. The van der Waals surface area contributed by atoms with Crippen molar-refractivity contribution in [2.45, 2.75) is 9.79 Å². The molecule has 0 fully saturated rings. The SMILES string of the molecule is O=S1(=O)c2ccc(/C(=C/c3ccccc3)c3ccccc3)cc2-c2cc(N(c3ccccc3)c3ccccc3)ccc21. The van der Waals surface area contributed by atoms with E-state index in [1.54, 1.807) is 12.1 Å². The van der Waals surface area contributed by atoms with Gasteiger partial charge >= 0.3 is 0 Å². The summed E-state index contributed by atoms with van der Waals surface area (Å²) in [5, 5.41) is 0. The summed E-state index contributed by atoms with van der Waals surface area (Å²) in [6.45, 7) is 0. The Kier molecular flexibility index (Phi) is 6.54. The Bertz CT molecular complexity index is 1980. The minimum atomic E-state index is -3.64. The number of para-hydroxylation sites is 2. The molecule has 0 aromatic heterocycles. The molecule has 0 radical (unpaired) electrons. The summed E-state index contributed by atoms with van der Waals surface area (Å²) < 4.78 is 27.4. The molecule has 6 aromatic carbocycles. The Balaban J connectivity index is 1.41. The first-order valence-electron chi connectivity index (χ1n) is 13.9. The summed E-state index contributed by atoms with van der Waals surface area (Å²) in [7, 11) is -3.64. The Labute approximate surface area is 246 Å². The summed E-state index contributed by atoms with van der Waals surface area (Å²) in [4.78, 5) is 2.84. The number of hydrogen-bond acceptors (Lipinski definition) is 3. The van der Waals surface area contributed by atoms with E-state index in [9.17, 15) is 8.42 Å². The van der Waals surface area contributed by atoms with Crippen molar-refractivity contribution >= 4 is 38.5 Å². The van der Waals surface area contributed by atoms with Crippen LogP contribution >= 0.6 is 0 Å². The van der Waals surface area contributed by atoms with Gasteiger partial charge < -0.3 is 4.90 Å². The van der Waals surface area contributed by atoms with Crippen LogP contribution in [-0.2, 0) is 9.84 Å². The summed E-state index contributed by atoms with van der Waals surface area (Å²) in [5.41, 5.74) is 8.45. The van der Waals surface area contributed by atoms with Crippen LogP contribution in [0.1, 0.15) is 16.7 Å². The summed E-state index contributed by atoms with van der Waals surface area (Å²) >= 11 is 0. The van der Waals surface area contributed by atoms with Gasteiger partial charge in [-0.05, 0) is 82.9 Å². The van der Waals surface area contributed by atoms with Crippen LogP contribution in [0.3, 0.4) is 0 Å². The molecule has 0 saturated heterocycles. The van der Waals surface area contributed by atoms with Crippen LogP contribution in [0.25, 0.3) is 22.8 Å². The van der Waals surface area contributed by atoms with E-state index < -0.39 is 9.84 Å². The lowest BCUT2D eigenvalue weighted by Gasteiger charge is -2.26. The fraction of sp³-hybridized carbons (Fsp3) is 0. The molecule has 0 bridgehead atoms. The van der Waals surface area contributed by atoms with Crippen molar-refractivity contribution < 1.29 is 8.42 Å². The molecule has 42 heavy (non-hydrogen) atoms. The Morgan fingerprint density at radius 1 is 0.476 bits per heavy atom. The van der Waals surface area contributed by atoms with Crippen molar-refractivity contribution in [3.05, 3.63) is 174 Å². The lowest BCUT2D eigenvalue weighted by atomic mass is 9.93. The Morgan fingerprint density at radius 2 is 0.976 bits per heavy atom. The number of hydrogen-bond donors (Lipinski definition) is 0. The van der Waals surface area contributed by atoms with Crippen molar-refractivity contribution in [1.82, 2.24) is 0 Å². The van der Waals surface area contributed by atoms with Gasteiger partial charge in [0.15, 0.2) is 0 Å². The molecular formula is C38H27NO2S. The third kappa shape index (κ3) is 4.62. The number of sulfone groups is 1. The summed E-state index contributed by atoms with van der Waals surface area (Å²) in [6, 6.07) is 52.0. The lowest BCUT2D eigenvalue weighted by Crippen LogP contribution is -2.10. The van der Waals surface area contributed by atoms with E-state index in [2.05, 4.69) is 59.5 Å². The van der Waals surface area contributed by atoms with E-state index in [0.717, 1.165) is 44.9 Å². The van der Waals surface area contributed by atoms with Gasteiger partial charge in [-0.2, -0.15) is 0 Å². The zero-order valence-electron chi connectivity index (χ0n) is 22.8. The molecule has 0 unspecified atom stereocenters. The predicted octanol–water partition coefficient (Wildman–Crippen LogP) is 9.56. The smallest absolute Gasteiger partial charge is 0.207 e. The topological polar surface area (TPSA) is 37.4 Å². The van der Waals surface area contributed by atoms with Crippen LogP contribution in [0.15, 0.2) is 168 Å². The zero-order valence-corrected chi connectivity index (χ0v) is 23.6. The maximum absolute atomic E-state index is 13.7. The van der Waals surface area contributed by atoms with E-state index in [1.807, 2.05) is 97.1 Å². The molecule has 0 N–H and O–H groups in total. The molecule has 0 saturated carbocycles. The number of rotatable bonds is 6. The molecule has 7 rings (SSSR count). The molecule has 1 aliphatic rings. The van der Waals surface area contributed by atoms with Crippen molar-refractivity contribution in [2.24, 2.45) is 0 Å². The van der Waals surface area contributed by atoms with Gasteiger partial charge in [0.05, 0.1) is 9.79 Å². The van der Waals surface area contributed by atoms with Crippen LogP contribution < -0.4 is 4.90 Å². The molecular weight excluding hydrogens is 534 g/mol. The first kappa shape index (κ1) is 25.8. The van der Waals surface area contributed by atoms with E-state index >= 15 is 0 Å². The van der Waals surface area contributed by atoms with Gasteiger partial charge in [0.2, 0.25) is 9.84 Å². The molecule has 202 valence electrons. The van der Waals surface area contributed by atoms with Crippen molar-refractivity contribution in [1.29, 1.82) is 0 Å². The van der Waals surface area contributed by atoms with Crippen LogP contribution in [0.2, 0.25) is 0 Å². The highest BCUT2D eigenvalue weighted by molar-refractivity contribution is 7.92. The molecule has 0 atom stereocenters. The first-order chi connectivity index (χ1) is 20.6. The van der Waals surface area contributed by atoms with E-state index in [-0.39, 0.29) is 0 Å². The number of fused-ring (bicyclic) bond motifs is 3. The van der Waals surface area contributed by atoms with E-state index in [0.29, 0.717) is 15.4 Å². The first-order valence-corrected chi connectivity index (χ1v) is 15.3. The summed E-state index contributed by atoms with van der Waals surface area (Å²) in [5.74, 6) is 0. The fourth-order valence-corrected chi connectivity index (χ4v) is 7.28. The van der Waals surface area contributed by atoms with Crippen molar-refractivity contribution in [3.8, 4) is 11.1 Å². The molecule has 1 heterocycles. The maximum atomic E-state index is 13.7. The van der Waals surface area contributed by atoms with Gasteiger partial charge in [-0.1, -0.05) is 103 Å². The van der Waals surface area contributed by atoms with Crippen LogP contribution in [-0.4, -0.2) is 8.42 Å². The zero-order chi connectivity index (χ0) is 28.5. The quantitative estimate of drug-likeness (QED) is 0.190. The van der Waals surface area contributed by atoms with Crippen LogP contribution in [0, 0.1) is 0 Å². The highest BCUT2D eigenvalue weighted by Gasteiger charge is 2.34. The minimum absolute atomic E-state index is 0.341. The van der Waals surface area contributed by atoms with Gasteiger partial charge in [-0.15, -0.1) is 0 Å². The van der Waals surface area contributed by atoms with Gasteiger partial charge in [-0.25, -0.2) is 8.42 Å². The normalized spacial score (nSPS) is 13.3. The molecule has 0 aliphatic carbocycles. The lowest BCUT2D eigenvalue weighted by molar-refractivity contribution is 0.598. The average Bonchev–Trinajstić information content (AvgIpc) is 3.27. The van der Waals surface area contributed by atoms with Gasteiger partial charge in [0.1, 0.15) is 0 Å². The van der Waals surface area contributed by atoms with Gasteiger partial charge in [0.25, 0.3) is 0 Å². The monoisotopic (exact) mass is 561 g/mol. The minimum Gasteiger partial charge on any atom is -0.310 e. The molecule has 0 amide bonds. The largest absolute Gasteiger partial charge is 0.310 e. The van der Waals surface area contributed by atoms with E-state index in [4.69, 9.17) is 0 Å². The number of anilines is 3. The third-order valence-electron chi connectivity index (χ3n) is 7.61. The molecule has 4 heteroatoms. The van der Waals surface area contributed by atoms with Gasteiger partial charge in [0, 0.05) is 28.2 Å². The van der Waals surface area contributed by atoms with E-state index in [1.165, 1.54) is 0 Å². The standard InChI is InChI=1S/C38H27NO2S/c40-42(41)37-23-21-30(34(29-15-7-2-8-16-29)25-28-13-5-1-6-14-28)26-35(37)36-27-33(22-24-38(36)42)39(31-17-9-3-10-18-31)32-19-11-4-12-20-32/h1-27H/b34-25+. The third-order valence-corrected chi connectivity index (χ3v) is 9.48. The average molecular weight is 562 g/mol. The highest BCUT2D eigenvalue weighted by Crippen LogP contribution is 2.47. The molecule has 3 nitrogen and oxygen atoms in total. The summed E-state index contributed by atoms with van der Waals surface area (Å²) in [6.07, 6.45) is 2.16.